The molecule has 1 aliphatic rings. The lowest BCUT2D eigenvalue weighted by atomic mass is 10.1. The van der Waals surface area contributed by atoms with Crippen LogP contribution in [0.2, 0.25) is 0 Å². The summed E-state index contributed by atoms with van der Waals surface area (Å²) >= 11 is 3.37. The van der Waals surface area contributed by atoms with E-state index in [2.05, 4.69) is 21.2 Å². The van der Waals surface area contributed by atoms with Crippen LogP contribution in [0, 0.1) is 19.7 Å². The second-order valence-electron chi connectivity index (χ2n) is 7.03. The van der Waals surface area contributed by atoms with Crippen molar-refractivity contribution in [1.82, 2.24) is 5.32 Å². The molecule has 0 aliphatic carbocycles. The topological polar surface area (TPSA) is 54.7 Å². The van der Waals surface area contributed by atoms with Gasteiger partial charge in [-0.3, -0.25) is 4.79 Å². The number of rotatable bonds is 4. The van der Waals surface area contributed by atoms with E-state index in [0.717, 1.165) is 0 Å². The maximum atomic E-state index is 14.7. The molecule has 0 bridgehead atoms. The standard InChI is InChI=1S/C20H24BrFN2O3/c1-11-9-24(10-12(2)26-11)17-6-5-15(7-16(17)22)8-23-20(25)18-13(3)27-14(4)19(18)21/h5-7,11-12H,8-10H2,1-4H3,(H,23,25). The third-order valence-corrected chi connectivity index (χ3v) is 5.59. The van der Waals surface area contributed by atoms with Crippen molar-refractivity contribution in [3.8, 4) is 0 Å². The Bertz CT molecular complexity index is 842. The van der Waals surface area contributed by atoms with Gasteiger partial charge < -0.3 is 19.4 Å². The van der Waals surface area contributed by atoms with Gasteiger partial charge in [0.1, 0.15) is 17.3 Å². The molecule has 2 unspecified atom stereocenters. The number of ether oxygens (including phenoxy) is 1. The average molecular weight is 439 g/mol. The lowest BCUT2D eigenvalue weighted by molar-refractivity contribution is -0.00539. The third-order valence-electron chi connectivity index (χ3n) is 4.64. The van der Waals surface area contributed by atoms with Gasteiger partial charge in [0.25, 0.3) is 5.91 Å². The maximum Gasteiger partial charge on any atom is 0.256 e. The molecule has 1 aliphatic heterocycles. The first kappa shape index (κ1) is 19.9. The summed E-state index contributed by atoms with van der Waals surface area (Å²) in [4.78, 5) is 14.4. The number of morpholine rings is 1. The average Bonchev–Trinajstić information content (AvgIpc) is 2.84. The smallest absolute Gasteiger partial charge is 0.256 e. The highest BCUT2D eigenvalue weighted by molar-refractivity contribution is 9.10. The lowest BCUT2D eigenvalue weighted by Gasteiger charge is -2.37. The minimum absolute atomic E-state index is 0.0622. The fourth-order valence-corrected chi connectivity index (χ4v) is 4.02. The fraction of sp³-hybridized carbons (Fsp3) is 0.450. The summed E-state index contributed by atoms with van der Waals surface area (Å²) in [5.74, 6) is 0.659. The van der Waals surface area contributed by atoms with E-state index in [4.69, 9.17) is 9.15 Å². The van der Waals surface area contributed by atoms with E-state index in [9.17, 15) is 9.18 Å². The first-order valence-corrected chi connectivity index (χ1v) is 9.78. The van der Waals surface area contributed by atoms with Crippen LogP contribution in [0.25, 0.3) is 0 Å². The number of hydrogen-bond acceptors (Lipinski definition) is 4. The van der Waals surface area contributed by atoms with Crippen molar-refractivity contribution >= 4 is 27.5 Å². The molecular formula is C20H24BrFN2O3. The van der Waals surface area contributed by atoms with Crippen LogP contribution < -0.4 is 10.2 Å². The molecule has 2 heterocycles. The van der Waals surface area contributed by atoms with Crippen molar-refractivity contribution in [2.45, 2.75) is 46.4 Å². The van der Waals surface area contributed by atoms with Crippen molar-refractivity contribution < 1.29 is 18.3 Å². The Balaban J connectivity index is 1.68. The molecule has 1 aromatic heterocycles. The van der Waals surface area contributed by atoms with Crippen LogP contribution in [0.15, 0.2) is 27.1 Å². The van der Waals surface area contributed by atoms with E-state index in [1.165, 1.54) is 6.07 Å². The minimum Gasteiger partial charge on any atom is -0.465 e. The van der Waals surface area contributed by atoms with Gasteiger partial charge in [-0.15, -0.1) is 0 Å². The van der Waals surface area contributed by atoms with Crippen molar-refractivity contribution in [3.05, 3.63) is 51.1 Å². The number of halogens is 2. The molecule has 3 rings (SSSR count). The minimum atomic E-state index is -0.292. The second-order valence-corrected chi connectivity index (χ2v) is 7.83. The highest BCUT2D eigenvalue weighted by Gasteiger charge is 2.24. The van der Waals surface area contributed by atoms with E-state index in [1.54, 1.807) is 19.9 Å². The summed E-state index contributed by atoms with van der Waals surface area (Å²) in [6, 6.07) is 5.08. The molecule has 1 fully saturated rings. The molecule has 7 heteroatoms. The van der Waals surface area contributed by atoms with Crippen LogP contribution in [0.4, 0.5) is 10.1 Å². The first-order chi connectivity index (χ1) is 12.8. The fourth-order valence-electron chi connectivity index (χ4n) is 3.48. The number of amides is 1. The Morgan fingerprint density at radius 2 is 1.93 bits per heavy atom. The molecule has 1 aromatic carbocycles. The van der Waals surface area contributed by atoms with Crippen LogP contribution in [-0.2, 0) is 11.3 Å². The summed E-state index contributed by atoms with van der Waals surface area (Å²) in [6.45, 7) is 9.06. The molecule has 1 N–H and O–H groups in total. The van der Waals surface area contributed by atoms with Crippen LogP contribution in [0.1, 0.15) is 41.3 Å². The Kier molecular flexibility index (Phi) is 5.91. The zero-order chi connectivity index (χ0) is 19.7. The highest BCUT2D eigenvalue weighted by atomic mass is 79.9. The van der Waals surface area contributed by atoms with Crippen molar-refractivity contribution in [2.24, 2.45) is 0 Å². The summed E-state index contributed by atoms with van der Waals surface area (Å²) in [7, 11) is 0. The molecule has 0 saturated carbocycles. The molecule has 1 saturated heterocycles. The van der Waals surface area contributed by atoms with Crippen molar-refractivity contribution in [3.63, 3.8) is 0 Å². The number of aryl methyl sites for hydroxylation is 2. The van der Waals surface area contributed by atoms with E-state index >= 15 is 0 Å². The molecular weight excluding hydrogens is 415 g/mol. The lowest BCUT2D eigenvalue weighted by Crippen LogP contribution is -2.45. The SMILES string of the molecule is Cc1oc(C)c(C(=O)NCc2ccc(N3CC(C)OC(C)C3)c(F)c2)c1Br. The summed E-state index contributed by atoms with van der Waals surface area (Å²) in [5, 5.41) is 2.82. The molecule has 27 heavy (non-hydrogen) atoms. The third kappa shape index (κ3) is 4.35. The summed E-state index contributed by atoms with van der Waals surface area (Å²) in [6.07, 6.45) is 0.124. The molecule has 1 amide bonds. The molecule has 146 valence electrons. The molecule has 0 radical (unpaired) electrons. The Morgan fingerprint density at radius 3 is 2.48 bits per heavy atom. The van der Waals surface area contributed by atoms with Gasteiger partial charge in [0.2, 0.25) is 0 Å². The number of nitrogens with one attached hydrogen (secondary N) is 1. The number of anilines is 1. The van der Waals surface area contributed by atoms with Crippen LogP contribution in [-0.4, -0.2) is 31.2 Å². The van der Waals surface area contributed by atoms with Gasteiger partial charge in [-0.2, -0.15) is 0 Å². The Hall–Kier alpha value is -1.86. The number of nitrogens with zero attached hydrogens (tertiary/aromatic N) is 1. The number of hydrogen-bond donors (Lipinski definition) is 1. The zero-order valence-corrected chi connectivity index (χ0v) is 17.5. The van der Waals surface area contributed by atoms with Gasteiger partial charge in [0.15, 0.2) is 0 Å². The van der Waals surface area contributed by atoms with Gasteiger partial charge in [0.05, 0.1) is 27.9 Å². The van der Waals surface area contributed by atoms with E-state index < -0.39 is 0 Å². The van der Waals surface area contributed by atoms with Gasteiger partial charge in [0, 0.05) is 19.6 Å². The summed E-state index contributed by atoms with van der Waals surface area (Å²) in [5.41, 5.74) is 1.74. The van der Waals surface area contributed by atoms with Crippen LogP contribution >= 0.6 is 15.9 Å². The number of benzene rings is 1. The highest BCUT2D eigenvalue weighted by Crippen LogP contribution is 2.28. The number of furan rings is 1. The quantitative estimate of drug-likeness (QED) is 0.770. The molecule has 5 nitrogen and oxygen atoms in total. The second kappa shape index (κ2) is 8.02. The molecule has 2 aromatic rings. The van der Waals surface area contributed by atoms with E-state index in [-0.39, 0.29) is 30.5 Å². The number of carbonyl (C=O) groups is 1. The summed E-state index contributed by atoms with van der Waals surface area (Å²) < 4.78 is 26.5. The Morgan fingerprint density at radius 1 is 1.26 bits per heavy atom. The maximum absolute atomic E-state index is 14.7. The predicted octanol–water partition coefficient (Wildman–Crippen LogP) is 4.34. The molecule has 0 spiro atoms. The normalized spacial score (nSPS) is 20.0. The van der Waals surface area contributed by atoms with E-state index in [1.807, 2.05) is 24.8 Å². The zero-order valence-electron chi connectivity index (χ0n) is 15.9. The van der Waals surface area contributed by atoms with Gasteiger partial charge in [-0.1, -0.05) is 6.07 Å². The predicted molar refractivity (Wildman–Crippen MR) is 106 cm³/mol. The molecule has 2 atom stereocenters. The monoisotopic (exact) mass is 438 g/mol. The first-order valence-electron chi connectivity index (χ1n) is 8.98. The van der Waals surface area contributed by atoms with Crippen molar-refractivity contribution in [2.75, 3.05) is 18.0 Å². The van der Waals surface area contributed by atoms with Gasteiger partial charge in [-0.05, 0) is 61.3 Å². The number of carbonyl (C=O) groups excluding carboxylic acids is 1. The largest absolute Gasteiger partial charge is 0.465 e. The van der Waals surface area contributed by atoms with Crippen LogP contribution in [0.3, 0.4) is 0 Å². The van der Waals surface area contributed by atoms with Gasteiger partial charge >= 0.3 is 0 Å². The Labute approximate surface area is 167 Å². The van der Waals surface area contributed by atoms with Crippen molar-refractivity contribution in [1.29, 1.82) is 0 Å². The van der Waals surface area contributed by atoms with Crippen LogP contribution in [0.5, 0.6) is 0 Å². The van der Waals surface area contributed by atoms with E-state index in [0.29, 0.717) is 45.9 Å². The van der Waals surface area contributed by atoms with Gasteiger partial charge in [-0.25, -0.2) is 4.39 Å².